The fourth-order valence-electron chi connectivity index (χ4n) is 5.62. The quantitative estimate of drug-likeness (QED) is 0.188. The lowest BCUT2D eigenvalue weighted by Crippen LogP contribution is -2.41. The van der Waals surface area contributed by atoms with E-state index in [9.17, 15) is 0 Å². The van der Waals surface area contributed by atoms with Crippen LogP contribution in [-0.4, -0.2) is 23.3 Å². The number of hydrogen-bond acceptors (Lipinski definition) is 3. The number of pyridine rings is 1. The van der Waals surface area contributed by atoms with Crippen molar-refractivity contribution < 1.29 is 9.31 Å². The van der Waals surface area contributed by atoms with Gasteiger partial charge in [-0.05, 0) is 54.7 Å². The van der Waals surface area contributed by atoms with Crippen LogP contribution in [0.3, 0.4) is 0 Å². The Balaban J connectivity index is 1.52. The molecule has 5 aromatic carbocycles. The second-order valence-electron chi connectivity index (χ2n) is 11.0. The summed E-state index contributed by atoms with van der Waals surface area (Å²) >= 11 is 0. The summed E-state index contributed by atoms with van der Waals surface area (Å²) in [5, 5.41) is 8.45. The van der Waals surface area contributed by atoms with Crippen LogP contribution < -0.4 is 5.46 Å². The molecule has 1 aliphatic rings. The lowest BCUT2D eigenvalue weighted by molar-refractivity contribution is 0.00578. The molecule has 0 unspecified atom stereocenters. The van der Waals surface area contributed by atoms with Crippen LogP contribution in [0, 0.1) is 0 Å². The van der Waals surface area contributed by atoms with Crippen LogP contribution in [0.1, 0.15) is 27.7 Å². The van der Waals surface area contributed by atoms with Gasteiger partial charge in [-0.25, -0.2) is 4.98 Å². The van der Waals surface area contributed by atoms with Gasteiger partial charge in [0.2, 0.25) is 0 Å². The first-order valence-corrected chi connectivity index (χ1v) is 12.9. The van der Waals surface area contributed by atoms with Crippen LogP contribution in [0.15, 0.2) is 97.1 Å². The molecule has 4 heteroatoms. The SMILES string of the molecule is CC1(C)OB(c2cccc(-c3nc4c5ccccc5c5ccccc5c4c4ccccc34)c2)OC1(C)C. The van der Waals surface area contributed by atoms with Crippen molar-refractivity contribution in [3.8, 4) is 11.3 Å². The number of rotatable bonds is 2. The summed E-state index contributed by atoms with van der Waals surface area (Å²) in [5.41, 5.74) is 3.29. The standard InChI is InChI=1S/C33H28BNO2/c1-32(2)33(3,4)37-34(36-32)22-13-11-12-21(20-22)30-28-19-10-8-17-26(28)29-25-16-7-5-14-23(25)24-15-6-9-18-27(24)31(29)35-30/h5-20H,1-4H3. The minimum Gasteiger partial charge on any atom is -0.399 e. The Morgan fingerprint density at radius 3 is 1.73 bits per heavy atom. The van der Waals surface area contributed by atoms with Crippen molar-refractivity contribution in [2.24, 2.45) is 0 Å². The van der Waals surface area contributed by atoms with Gasteiger partial charge >= 0.3 is 7.12 Å². The highest BCUT2D eigenvalue weighted by Crippen LogP contribution is 2.41. The van der Waals surface area contributed by atoms with E-state index in [0.717, 1.165) is 27.6 Å². The van der Waals surface area contributed by atoms with E-state index < -0.39 is 7.12 Å². The number of nitrogens with zero attached hydrogens (tertiary/aromatic N) is 1. The van der Waals surface area contributed by atoms with E-state index >= 15 is 0 Å². The lowest BCUT2D eigenvalue weighted by Gasteiger charge is -2.32. The van der Waals surface area contributed by atoms with E-state index in [1.54, 1.807) is 0 Å². The Morgan fingerprint density at radius 1 is 0.568 bits per heavy atom. The van der Waals surface area contributed by atoms with Crippen LogP contribution in [-0.2, 0) is 9.31 Å². The molecule has 7 rings (SSSR count). The third kappa shape index (κ3) is 3.33. The fourth-order valence-corrected chi connectivity index (χ4v) is 5.62. The van der Waals surface area contributed by atoms with Gasteiger partial charge in [0.15, 0.2) is 0 Å². The van der Waals surface area contributed by atoms with E-state index in [1.165, 1.54) is 32.3 Å². The van der Waals surface area contributed by atoms with Crippen LogP contribution in [0.5, 0.6) is 0 Å². The fraction of sp³-hybridized carbons (Fsp3) is 0.182. The summed E-state index contributed by atoms with van der Waals surface area (Å²) in [7, 11) is -0.415. The van der Waals surface area contributed by atoms with E-state index in [4.69, 9.17) is 14.3 Å². The topological polar surface area (TPSA) is 31.4 Å². The van der Waals surface area contributed by atoms with Crippen molar-refractivity contribution in [2.45, 2.75) is 38.9 Å². The highest BCUT2D eigenvalue weighted by atomic mass is 16.7. The van der Waals surface area contributed by atoms with Gasteiger partial charge in [-0.15, -0.1) is 0 Å². The average Bonchev–Trinajstić information content (AvgIpc) is 3.14. The van der Waals surface area contributed by atoms with Crippen molar-refractivity contribution in [3.05, 3.63) is 97.1 Å². The minimum atomic E-state index is -0.415. The van der Waals surface area contributed by atoms with Crippen LogP contribution >= 0.6 is 0 Å². The molecule has 2 heterocycles. The molecule has 1 aliphatic heterocycles. The Hall–Kier alpha value is -3.73. The summed E-state index contributed by atoms with van der Waals surface area (Å²) in [5.74, 6) is 0. The second kappa shape index (κ2) is 7.88. The number of benzene rings is 5. The minimum absolute atomic E-state index is 0.387. The molecule has 6 aromatic rings. The Kier molecular flexibility index (Phi) is 4.79. The molecule has 0 atom stereocenters. The highest BCUT2D eigenvalue weighted by molar-refractivity contribution is 6.62. The molecule has 1 fully saturated rings. The first kappa shape index (κ1) is 22.5. The van der Waals surface area contributed by atoms with E-state index in [-0.39, 0.29) is 11.2 Å². The molecule has 0 aliphatic carbocycles. The second-order valence-corrected chi connectivity index (χ2v) is 11.0. The van der Waals surface area contributed by atoms with Gasteiger partial charge in [-0.3, -0.25) is 0 Å². The van der Waals surface area contributed by atoms with Crippen molar-refractivity contribution >= 4 is 55.8 Å². The maximum absolute atomic E-state index is 6.36. The molecule has 0 amide bonds. The van der Waals surface area contributed by atoms with E-state index in [0.29, 0.717) is 0 Å². The molecular weight excluding hydrogens is 453 g/mol. The van der Waals surface area contributed by atoms with E-state index in [2.05, 4.69) is 125 Å². The van der Waals surface area contributed by atoms with Crippen molar-refractivity contribution in [2.75, 3.05) is 0 Å². The molecule has 1 saturated heterocycles. The van der Waals surface area contributed by atoms with Crippen LogP contribution in [0.25, 0.3) is 54.5 Å². The van der Waals surface area contributed by atoms with Gasteiger partial charge in [0.1, 0.15) is 0 Å². The third-order valence-corrected chi connectivity index (χ3v) is 8.27. The zero-order chi connectivity index (χ0) is 25.4. The summed E-state index contributed by atoms with van der Waals surface area (Å²) in [6, 6.07) is 34.4. The maximum Gasteiger partial charge on any atom is 0.494 e. The third-order valence-electron chi connectivity index (χ3n) is 8.27. The number of fused-ring (bicyclic) bond motifs is 8. The normalized spacial score (nSPS) is 16.8. The van der Waals surface area contributed by atoms with Crippen molar-refractivity contribution in [1.82, 2.24) is 4.98 Å². The summed E-state index contributed by atoms with van der Waals surface area (Å²) in [6.07, 6.45) is 0. The largest absolute Gasteiger partial charge is 0.494 e. The van der Waals surface area contributed by atoms with Gasteiger partial charge in [0, 0.05) is 21.7 Å². The molecule has 1 aromatic heterocycles. The van der Waals surface area contributed by atoms with Gasteiger partial charge < -0.3 is 9.31 Å². The van der Waals surface area contributed by atoms with Crippen LogP contribution in [0.2, 0.25) is 0 Å². The molecule has 180 valence electrons. The van der Waals surface area contributed by atoms with Gasteiger partial charge in [-0.2, -0.15) is 0 Å². The zero-order valence-corrected chi connectivity index (χ0v) is 21.6. The lowest BCUT2D eigenvalue weighted by atomic mass is 9.78. The summed E-state index contributed by atoms with van der Waals surface area (Å²) in [4.78, 5) is 5.40. The summed E-state index contributed by atoms with van der Waals surface area (Å²) in [6.45, 7) is 8.35. The van der Waals surface area contributed by atoms with Gasteiger partial charge in [-0.1, -0.05) is 97.1 Å². The predicted molar refractivity (Wildman–Crippen MR) is 155 cm³/mol. The van der Waals surface area contributed by atoms with Crippen molar-refractivity contribution in [1.29, 1.82) is 0 Å². The highest BCUT2D eigenvalue weighted by Gasteiger charge is 2.51. The van der Waals surface area contributed by atoms with Crippen molar-refractivity contribution in [3.63, 3.8) is 0 Å². The molecule has 0 N–H and O–H groups in total. The monoisotopic (exact) mass is 481 g/mol. The molecular formula is C33H28BNO2. The Labute approximate surface area is 217 Å². The summed E-state index contributed by atoms with van der Waals surface area (Å²) < 4.78 is 12.7. The molecule has 3 nitrogen and oxygen atoms in total. The number of hydrogen-bond donors (Lipinski definition) is 0. The Bertz CT molecular complexity index is 1840. The molecule has 0 saturated carbocycles. The number of aromatic nitrogens is 1. The first-order chi connectivity index (χ1) is 17.8. The smallest absolute Gasteiger partial charge is 0.399 e. The Morgan fingerprint density at radius 2 is 1.08 bits per heavy atom. The molecule has 0 radical (unpaired) electrons. The van der Waals surface area contributed by atoms with Crippen LogP contribution in [0.4, 0.5) is 0 Å². The maximum atomic E-state index is 6.36. The predicted octanol–water partition coefficient (Wildman–Crippen LogP) is 7.66. The average molecular weight is 481 g/mol. The molecule has 0 bridgehead atoms. The molecule has 37 heavy (non-hydrogen) atoms. The molecule has 0 spiro atoms. The first-order valence-electron chi connectivity index (χ1n) is 12.9. The van der Waals surface area contributed by atoms with Gasteiger partial charge in [0.05, 0.1) is 22.4 Å². The zero-order valence-electron chi connectivity index (χ0n) is 21.6. The van der Waals surface area contributed by atoms with Gasteiger partial charge in [0.25, 0.3) is 0 Å². The van der Waals surface area contributed by atoms with E-state index in [1.807, 2.05) is 0 Å².